The number of aromatic nitrogens is 1. The van der Waals surface area contributed by atoms with Gasteiger partial charge in [-0.3, -0.25) is 9.78 Å². The van der Waals surface area contributed by atoms with E-state index in [1.807, 2.05) is 86.6 Å². The van der Waals surface area contributed by atoms with E-state index in [0.717, 1.165) is 16.9 Å². The number of ether oxygens (including phenoxy) is 1. The Bertz CT molecular complexity index is 1190. The number of carbonyl (C=O) groups excluding carboxylic acids is 2. The number of hydrogen-bond acceptors (Lipinski definition) is 4. The van der Waals surface area contributed by atoms with Crippen molar-refractivity contribution in [3.63, 3.8) is 0 Å². The largest absolute Gasteiger partial charge is 0.497 e. The molecule has 0 radical (unpaired) electrons. The molecule has 6 heteroatoms. The van der Waals surface area contributed by atoms with Gasteiger partial charge in [-0.1, -0.05) is 62.4 Å². The number of pyridine rings is 1. The summed E-state index contributed by atoms with van der Waals surface area (Å²) in [7, 11) is 1.63. The molecule has 1 aliphatic heterocycles. The Morgan fingerprint density at radius 3 is 2.43 bits per heavy atom. The summed E-state index contributed by atoms with van der Waals surface area (Å²) in [5, 5.41) is 3.05. The van der Waals surface area contributed by atoms with Gasteiger partial charge in [0, 0.05) is 23.7 Å². The van der Waals surface area contributed by atoms with E-state index in [4.69, 9.17) is 4.74 Å². The molecule has 3 aromatic rings. The van der Waals surface area contributed by atoms with Crippen molar-refractivity contribution in [3.8, 4) is 5.75 Å². The van der Waals surface area contributed by atoms with Crippen molar-refractivity contribution in [2.45, 2.75) is 32.9 Å². The maximum atomic E-state index is 13.6. The summed E-state index contributed by atoms with van der Waals surface area (Å²) in [5.41, 5.74) is 2.54. The lowest BCUT2D eigenvalue weighted by molar-refractivity contribution is -0.128. The molecule has 0 bridgehead atoms. The number of urea groups is 1. The summed E-state index contributed by atoms with van der Waals surface area (Å²) < 4.78 is 5.28. The van der Waals surface area contributed by atoms with Crippen LogP contribution in [0.4, 0.5) is 4.79 Å². The lowest BCUT2D eigenvalue weighted by Gasteiger charge is -2.46. The van der Waals surface area contributed by atoms with Gasteiger partial charge in [0.15, 0.2) is 5.78 Å². The molecule has 6 nitrogen and oxygen atoms in total. The van der Waals surface area contributed by atoms with Crippen LogP contribution < -0.4 is 10.1 Å². The number of nitrogens with one attached hydrogen (secondary N) is 1. The van der Waals surface area contributed by atoms with Crippen LogP contribution in [0, 0.1) is 5.41 Å². The zero-order valence-electron chi connectivity index (χ0n) is 20.4. The highest BCUT2D eigenvalue weighted by molar-refractivity contribution is 6.05. The van der Waals surface area contributed by atoms with Crippen LogP contribution in [0.3, 0.4) is 0 Å². The molecule has 1 saturated heterocycles. The average molecular weight is 470 g/mol. The number of hydrogen-bond donors (Lipinski definition) is 1. The van der Waals surface area contributed by atoms with E-state index < -0.39 is 5.41 Å². The van der Waals surface area contributed by atoms with Crippen LogP contribution in [0.2, 0.25) is 0 Å². The number of likely N-dealkylation sites (tertiary alicyclic amines) is 1. The fraction of sp³-hybridized carbons (Fsp3) is 0.276. The molecule has 1 aliphatic rings. The topological polar surface area (TPSA) is 71.5 Å². The Morgan fingerprint density at radius 2 is 1.77 bits per heavy atom. The zero-order chi connectivity index (χ0) is 24.8. The predicted octanol–water partition coefficient (Wildman–Crippen LogP) is 4.91. The molecule has 1 unspecified atom stereocenters. The monoisotopic (exact) mass is 469 g/mol. The highest BCUT2D eigenvalue weighted by Crippen LogP contribution is 2.37. The molecule has 0 spiro atoms. The number of carbonyl (C=O) groups is 2. The van der Waals surface area contributed by atoms with E-state index in [9.17, 15) is 9.59 Å². The summed E-state index contributed by atoms with van der Waals surface area (Å²) in [6, 6.07) is 22.6. The van der Waals surface area contributed by atoms with Crippen molar-refractivity contribution in [1.82, 2.24) is 15.2 Å². The van der Waals surface area contributed by atoms with Crippen LogP contribution in [-0.4, -0.2) is 41.4 Å². The molecule has 35 heavy (non-hydrogen) atoms. The van der Waals surface area contributed by atoms with Gasteiger partial charge in [-0.05, 0) is 47.9 Å². The molecular weight excluding hydrogens is 438 g/mol. The van der Waals surface area contributed by atoms with E-state index in [2.05, 4.69) is 10.3 Å². The van der Waals surface area contributed by atoms with Gasteiger partial charge in [0.2, 0.25) is 0 Å². The van der Waals surface area contributed by atoms with Crippen LogP contribution in [0.5, 0.6) is 5.75 Å². The highest BCUT2D eigenvalue weighted by Gasteiger charge is 2.47. The summed E-state index contributed by atoms with van der Waals surface area (Å²) in [6.45, 7) is 4.48. The number of amides is 2. The van der Waals surface area contributed by atoms with Crippen molar-refractivity contribution in [2.75, 3.05) is 13.7 Å². The standard InChI is InChI=1S/C29H31N3O3/c1-29(2)26(17-21-12-14-25(35-3)15-13-21)32(28(34)31-19-22-9-5-4-6-10-22)20-23(27(29)33)18-24-11-7-8-16-30-24/h4-16,18,26H,17,19-20H2,1-3H3,(H,31,34). The molecule has 180 valence electrons. The van der Waals surface area contributed by atoms with Gasteiger partial charge in [0.1, 0.15) is 5.75 Å². The maximum absolute atomic E-state index is 13.6. The van der Waals surface area contributed by atoms with Gasteiger partial charge in [-0.2, -0.15) is 0 Å². The van der Waals surface area contributed by atoms with Crippen molar-refractivity contribution in [1.29, 1.82) is 0 Å². The number of nitrogens with zero attached hydrogens (tertiary/aromatic N) is 2. The van der Waals surface area contributed by atoms with Crippen molar-refractivity contribution in [3.05, 3.63) is 101 Å². The molecule has 2 heterocycles. The number of rotatable bonds is 6. The molecule has 1 N–H and O–H groups in total. The minimum atomic E-state index is -0.789. The smallest absolute Gasteiger partial charge is 0.318 e. The maximum Gasteiger partial charge on any atom is 0.318 e. The van der Waals surface area contributed by atoms with Crippen LogP contribution in [-0.2, 0) is 17.8 Å². The Balaban J connectivity index is 1.64. The molecule has 2 amide bonds. The number of ketones is 1. The van der Waals surface area contributed by atoms with Gasteiger partial charge in [0.25, 0.3) is 0 Å². The second-order valence-electron chi connectivity index (χ2n) is 9.32. The van der Waals surface area contributed by atoms with Crippen LogP contribution >= 0.6 is 0 Å². The molecule has 1 fully saturated rings. The van der Waals surface area contributed by atoms with E-state index in [-0.39, 0.29) is 24.4 Å². The average Bonchev–Trinajstić information content (AvgIpc) is 2.89. The third-order valence-corrected chi connectivity index (χ3v) is 6.57. The lowest BCUT2D eigenvalue weighted by Crippen LogP contribution is -2.60. The Morgan fingerprint density at radius 1 is 1.06 bits per heavy atom. The molecule has 0 aliphatic carbocycles. The van der Waals surface area contributed by atoms with E-state index >= 15 is 0 Å². The van der Waals surface area contributed by atoms with Crippen LogP contribution in [0.15, 0.2) is 84.6 Å². The molecule has 1 atom stereocenters. The first-order chi connectivity index (χ1) is 16.9. The molecule has 2 aromatic carbocycles. The molecule has 1 aromatic heterocycles. The normalized spacial score (nSPS) is 18.4. The Labute approximate surface area is 206 Å². The minimum Gasteiger partial charge on any atom is -0.497 e. The summed E-state index contributed by atoms with van der Waals surface area (Å²) in [6.07, 6.45) is 4.05. The third-order valence-electron chi connectivity index (χ3n) is 6.57. The fourth-order valence-corrected chi connectivity index (χ4v) is 4.51. The quantitative estimate of drug-likeness (QED) is 0.521. The fourth-order valence-electron chi connectivity index (χ4n) is 4.51. The predicted molar refractivity (Wildman–Crippen MR) is 137 cm³/mol. The van der Waals surface area contributed by atoms with Crippen molar-refractivity contribution in [2.24, 2.45) is 5.41 Å². The number of benzene rings is 2. The first kappa shape index (κ1) is 24.2. The van der Waals surface area contributed by atoms with Gasteiger partial charge >= 0.3 is 6.03 Å². The number of Topliss-reactive ketones (excluding diaryl/α,β-unsaturated/α-hetero) is 1. The highest BCUT2D eigenvalue weighted by atomic mass is 16.5. The first-order valence-electron chi connectivity index (χ1n) is 11.8. The third kappa shape index (κ3) is 5.60. The second kappa shape index (κ2) is 10.6. The first-order valence-corrected chi connectivity index (χ1v) is 11.8. The van der Waals surface area contributed by atoms with Crippen LogP contribution in [0.1, 0.15) is 30.7 Å². The van der Waals surface area contributed by atoms with Gasteiger partial charge in [0.05, 0.1) is 25.4 Å². The Kier molecular flexibility index (Phi) is 7.30. The molecule has 4 rings (SSSR count). The minimum absolute atomic E-state index is 0.0359. The summed E-state index contributed by atoms with van der Waals surface area (Å²) >= 11 is 0. The van der Waals surface area contributed by atoms with Crippen LogP contribution in [0.25, 0.3) is 6.08 Å². The van der Waals surface area contributed by atoms with Gasteiger partial charge in [-0.15, -0.1) is 0 Å². The van der Waals surface area contributed by atoms with Gasteiger partial charge < -0.3 is 15.0 Å². The number of piperidine rings is 1. The van der Waals surface area contributed by atoms with E-state index in [1.54, 1.807) is 24.3 Å². The Hall–Kier alpha value is -3.93. The second-order valence-corrected chi connectivity index (χ2v) is 9.32. The van der Waals surface area contributed by atoms with Gasteiger partial charge in [-0.25, -0.2) is 4.79 Å². The van der Waals surface area contributed by atoms with E-state index in [0.29, 0.717) is 24.2 Å². The zero-order valence-corrected chi connectivity index (χ0v) is 20.4. The SMILES string of the molecule is COc1ccc(CC2N(C(=O)NCc3ccccc3)CC(=Cc3ccccn3)C(=O)C2(C)C)cc1. The number of methoxy groups -OCH3 is 1. The lowest BCUT2D eigenvalue weighted by atomic mass is 9.71. The molecular formula is C29H31N3O3. The van der Waals surface area contributed by atoms with Crippen molar-refractivity contribution >= 4 is 17.9 Å². The summed E-state index contributed by atoms with van der Waals surface area (Å²) in [5.74, 6) is 0.805. The van der Waals surface area contributed by atoms with Crippen molar-refractivity contribution < 1.29 is 14.3 Å². The van der Waals surface area contributed by atoms with E-state index in [1.165, 1.54) is 0 Å². The molecule has 0 saturated carbocycles. The summed E-state index contributed by atoms with van der Waals surface area (Å²) in [4.78, 5) is 33.3.